The van der Waals surface area contributed by atoms with Crippen molar-refractivity contribution in [3.63, 3.8) is 0 Å². The van der Waals surface area contributed by atoms with Gasteiger partial charge in [0.05, 0.1) is 6.04 Å². The molecule has 0 spiro atoms. The fourth-order valence-electron chi connectivity index (χ4n) is 3.15. The molecule has 0 aliphatic heterocycles. The van der Waals surface area contributed by atoms with E-state index in [-0.39, 0.29) is 11.9 Å². The highest BCUT2D eigenvalue weighted by Crippen LogP contribution is 2.29. The summed E-state index contributed by atoms with van der Waals surface area (Å²) in [4.78, 5) is 11.9. The molecule has 3 unspecified atom stereocenters. The molecular weight excluding hydrogens is 236 g/mol. The zero-order valence-electron chi connectivity index (χ0n) is 13.2. The summed E-state index contributed by atoms with van der Waals surface area (Å²) in [6.45, 7) is 9.45. The number of carbonyl (C=O) groups excluding carboxylic acids is 1. The fraction of sp³-hybridized carbons (Fsp3) is 0.938. The molecule has 0 heterocycles. The van der Waals surface area contributed by atoms with Gasteiger partial charge in [-0.05, 0) is 44.4 Å². The maximum Gasteiger partial charge on any atom is 0.236 e. The molecule has 1 fully saturated rings. The Labute approximate surface area is 118 Å². The van der Waals surface area contributed by atoms with Crippen molar-refractivity contribution in [2.45, 2.75) is 78.3 Å². The van der Waals surface area contributed by atoms with Gasteiger partial charge in [-0.2, -0.15) is 0 Å². The first-order chi connectivity index (χ1) is 9.02. The van der Waals surface area contributed by atoms with Gasteiger partial charge in [-0.25, -0.2) is 0 Å². The van der Waals surface area contributed by atoms with Gasteiger partial charge in [-0.3, -0.25) is 4.79 Å². The molecule has 1 saturated carbocycles. The fourth-order valence-corrected chi connectivity index (χ4v) is 3.15. The van der Waals surface area contributed by atoms with Gasteiger partial charge in [0, 0.05) is 12.6 Å². The van der Waals surface area contributed by atoms with E-state index in [9.17, 15) is 4.79 Å². The molecule has 1 aliphatic rings. The maximum absolute atomic E-state index is 11.9. The molecule has 19 heavy (non-hydrogen) atoms. The van der Waals surface area contributed by atoms with Crippen LogP contribution in [0.5, 0.6) is 0 Å². The van der Waals surface area contributed by atoms with E-state index in [1.165, 1.54) is 32.1 Å². The zero-order chi connectivity index (χ0) is 14.3. The summed E-state index contributed by atoms with van der Waals surface area (Å²) in [5, 5.41) is 6.48. The lowest BCUT2D eigenvalue weighted by molar-refractivity contribution is -0.123. The Morgan fingerprint density at radius 2 is 2.00 bits per heavy atom. The number of hydrogen-bond donors (Lipinski definition) is 2. The number of nitrogens with one attached hydrogen (secondary N) is 2. The molecule has 3 heteroatoms. The van der Waals surface area contributed by atoms with Gasteiger partial charge in [0.1, 0.15) is 0 Å². The van der Waals surface area contributed by atoms with Crippen molar-refractivity contribution >= 4 is 5.91 Å². The van der Waals surface area contributed by atoms with Crippen LogP contribution in [0.4, 0.5) is 0 Å². The van der Waals surface area contributed by atoms with Gasteiger partial charge < -0.3 is 10.6 Å². The van der Waals surface area contributed by atoms with Crippen molar-refractivity contribution in [3.05, 3.63) is 0 Å². The van der Waals surface area contributed by atoms with Crippen molar-refractivity contribution in [1.29, 1.82) is 0 Å². The number of rotatable bonds is 7. The lowest BCUT2D eigenvalue weighted by Crippen LogP contribution is -2.48. The van der Waals surface area contributed by atoms with E-state index in [2.05, 4.69) is 31.4 Å². The monoisotopic (exact) mass is 268 g/mol. The van der Waals surface area contributed by atoms with Gasteiger partial charge >= 0.3 is 0 Å². The quantitative estimate of drug-likeness (QED) is 0.745. The Morgan fingerprint density at radius 1 is 1.26 bits per heavy atom. The minimum Gasteiger partial charge on any atom is -0.355 e. The van der Waals surface area contributed by atoms with Crippen molar-refractivity contribution in [2.24, 2.45) is 11.8 Å². The van der Waals surface area contributed by atoms with Crippen molar-refractivity contribution in [1.82, 2.24) is 10.6 Å². The molecule has 0 aromatic carbocycles. The second-order valence-corrected chi connectivity index (χ2v) is 6.54. The van der Waals surface area contributed by atoms with Gasteiger partial charge in [-0.1, -0.05) is 33.6 Å². The van der Waals surface area contributed by atoms with E-state index in [4.69, 9.17) is 0 Å². The first-order valence-corrected chi connectivity index (χ1v) is 8.06. The molecule has 1 rings (SSSR count). The van der Waals surface area contributed by atoms with Crippen molar-refractivity contribution in [2.75, 3.05) is 6.54 Å². The topological polar surface area (TPSA) is 41.1 Å². The Balaban J connectivity index is 2.32. The smallest absolute Gasteiger partial charge is 0.236 e. The molecule has 2 N–H and O–H groups in total. The Hall–Kier alpha value is -0.570. The summed E-state index contributed by atoms with van der Waals surface area (Å²) in [5.41, 5.74) is 0. The van der Waals surface area contributed by atoms with E-state index in [0.29, 0.717) is 6.04 Å². The summed E-state index contributed by atoms with van der Waals surface area (Å²) in [6.07, 6.45) is 7.46. The van der Waals surface area contributed by atoms with E-state index in [1.807, 2.05) is 6.92 Å². The number of carbonyl (C=O) groups is 1. The SMILES string of the molecule is CCCNC(=O)C(C)NC1CCCC(CC(C)C)C1. The highest BCUT2D eigenvalue weighted by Gasteiger charge is 2.25. The molecule has 3 nitrogen and oxygen atoms in total. The van der Waals surface area contributed by atoms with Gasteiger partial charge in [0.25, 0.3) is 0 Å². The molecule has 1 amide bonds. The van der Waals surface area contributed by atoms with Crippen LogP contribution in [0.2, 0.25) is 0 Å². The van der Waals surface area contributed by atoms with Crippen LogP contribution in [0, 0.1) is 11.8 Å². The molecule has 0 saturated heterocycles. The van der Waals surface area contributed by atoms with Crippen LogP contribution in [-0.2, 0) is 4.79 Å². The first kappa shape index (κ1) is 16.5. The van der Waals surface area contributed by atoms with Crippen LogP contribution in [0.3, 0.4) is 0 Å². The lowest BCUT2D eigenvalue weighted by Gasteiger charge is -2.32. The molecule has 0 radical (unpaired) electrons. The molecule has 0 bridgehead atoms. The molecule has 0 aromatic rings. The molecule has 1 aliphatic carbocycles. The van der Waals surface area contributed by atoms with Gasteiger partial charge in [0.15, 0.2) is 0 Å². The van der Waals surface area contributed by atoms with E-state index >= 15 is 0 Å². The summed E-state index contributed by atoms with van der Waals surface area (Å²) in [6, 6.07) is 0.467. The zero-order valence-corrected chi connectivity index (χ0v) is 13.2. The summed E-state index contributed by atoms with van der Waals surface area (Å²) >= 11 is 0. The normalized spacial score (nSPS) is 25.3. The van der Waals surface area contributed by atoms with Crippen LogP contribution in [0.25, 0.3) is 0 Å². The third-order valence-electron chi connectivity index (χ3n) is 4.02. The van der Waals surface area contributed by atoms with Crippen LogP contribution >= 0.6 is 0 Å². The Kier molecular flexibility index (Phi) is 7.44. The van der Waals surface area contributed by atoms with Crippen molar-refractivity contribution < 1.29 is 4.79 Å². The second kappa shape index (κ2) is 8.57. The average molecular weight is 268 g/mol. The van der Waals surface area contributed by atoms with Gasteiger partial charge in [0.2, 0.25) is 5.91 Å². The summed E-state index contributed by atoms with van der Waals surface area (Å²) in [7, 11) is 0. The molecular formula is C16H32N2O. The molecule has 3 atom stereocenters. The summed E-state index contributed by atoms with van der Waals surface area (Å²) < 4.78 is 0. The van der Waals surface area contributed by atoms with Crippen LogP contribution < -0.4 is 10.6 Å². The standard InChI is InChI=1S/C16H32N2O/c1-5-9-17-16(19)13(4)18-15-8-6-7-14(11-15)10-12(2)3/h12-15,18H,5-11H2,1-4H3,(H,17,19). The molecule has 0 aromatic heterocycles. The highest BCUT2D eigenvalue weighted by molar-refractivity contribution is 5.81. The van der Waals surface area contributed by atoms with Crippen LogP contribution in [0.15, 0.2) is 0 Å². The average Bonchev–Trinajstić information content (AvgIpc) is 2.35. The number of hydrogen-bond acceptors (Lipinski definition) is 2. The highest BCUT2D eigenvalue weighted by atomic mass is 16.2. The number of amides is 1. The van der Waals surface area contributed by atoms with Crippen molar-refractivity contribution in [3.8, 4) is 0 Å². The minimum atomic E-state index is -0.0608. The minimum absolute atomic E-state index is 0.0608. The predicted octanol–water partition coefficient (Wildman–Crippen LogP) is 3.10. The van der Waals surface area contributed by atoms with Crippen LogP contribution in [-0.4, -0.2) is 24.5 Å². The van der Waals surface area contributed by atoms with E-state index < -0.39 is 0 Å². The third kappa shape index (κ3) is 6.42. The van der Waals surface area contributed by atoms with E-state index in [0.717, 1.165) is 24.8 Å². The van der Waals surface area contributed by atoms with E-state index in [1.54, 1.807) is 0 Å². The lowest BCUT2D eigenvalue weighted by atomic mass is 9.81. The third-order valence-corrected chi connectivity index (χ3v) is 4.02. The Bertz CT molecular complexity index is 265. The van der Waals surface area contributed by atoms with Gasteiger partial charge in [-0.15, -0.1) is 0 Å². The second-order valence-electron chi connectivity index (χ2n) is 6.54. The largest absolute Gasteiger partial charge is 0.355 e. The first-order valence-electron chi connectivity index (χ1n) is 8.06. The Morgan fingerprint density at radius 3 is 2.63 bits per heavy atom. The van der Waals surface area contributed by atoms with Crippen LogP contribution in [0.1, 0.15) is 66.2 Å². The summed E-state index contributed by atoms with van der Waals surface area (Å²) in [5.74, 6) is 1.78. The molecule has 112 valence electrons. The maximum atomic E-state index is 11.9. The predicted molar refractivity (Wildman–Crippen MR) is 81.1 cm³/mol.